The number of aromatic nitrogens is 4. The van der Waals surface area contributed by atoms with E-state index in [1.165, 1.54) is 12.8 Å². The SMILES string of the molecule is Cc1nn(C)cc1-c1ccnc(NC2CC2)n1. The Morgan fingerprint density at radius 3 is 2.88 bits per heavy atom. The largest absolute Gasteiger partial charge is 0.351 e. The Hall–Kier alpha value is -1.91. The summed E-state index contributed by atoms with van der Waals surface area (Å²) in [4.78, 5) is 8.75. The van der Waals surface area contributed by atoms with Crippen LogP contribution in [-0.2, 0) is 7.05 Å². The van der Waals surface area contributed by atoms with Crippen molar-refractivity contribution in [3.8, 4) is 11.3 Å². The van der Waals surface area contributed by atoms with Gasteiger partial charge in [0.15, 0.2) is 0 Å². The highest BCUT2D eigenvalue weighted by Gasteiger charge is 2.22. The average Bonchev–Trinajstić information content (AvgIpc) is 3.03. The summed E-state index contributed by atoms with van der Waals surface area (Å²) in [7, 11) is 1.92. The molecule has 0 aromatic carbocycles. The lowest BCUT2D eigenvalue weighted by Crippen LogP contribution is -2.05. The monoisotopic (exact) mass is 229 g/mol. The molecule has 2 aromatic rings. The van der Waals surface area contributed by atoms with E-state index in [4.69, 9.17) is 0 Å². The maximum Gasteiger partial charge on any atom is 0.223 e. The Balaban J connectivity index is 1.93. The van der Waals surface area contributed by atoms with Crippen LogP contribution in [0.4, 0.5) is 5.95 Å². The molecule has 0 saturated heterocycles. The van der Waals surface area contributed by atoms with Gasteiger partial charge in [-0.1, -0.05) is 0 Å². The summed E-state index contributed by atoms with van der Waals surface area (Å²) in [5.74, 6) is 0.716. The molecule has 5 nitrogen and oxygen atoms in total. The third-order valence-corrected chi connectivity index (χ3v) is 2.86. The van der Waals surface area contributed by atoms with Gasteiger partial charge in [-0.3, -0.25) is 4.68 Å². The van der Waals surface area contributed by atoms with Gasteiger partial charge in [-0.25, -0.2) is 9.97 Å². The van der Waals surface area contributed by atoms with E-state index >= 15 is 0 Å². The fourth-order valence-electron chi connectivity index (χ4n) is 1.84. The van der Waals surface area contributed by atoms with Crippen molar-refractivity contribution in [2.75, 3.05) is 5.32 Å². The molecule has 0 bridgehead atoms. The summed E-state index contributed by atoms with van der Waals surface area (Å²) >= 11 is 0. The molecule has 1 N–H and O–H groups in total. The minimum Gasteiger partial charge on any atom is -0.351 e. The predicted molar refractivity (Wildman–Crippen MR) is 65.6 cm³/mol. The number of hydrogen-bond acceptors (Lipinski definition) is 4. The molecule has 17 heavy (non-hydrogen) atoms. The van der Waals surface area contributed by atoms with Gasteiger partial charge >= 0.3 is 0 Å². The van der Waals surface area contributed by atoms with Crippen LogP contribution in [0, 0.1) is 6.92 Å². The first kappa shape index (κ1) is 10.3. The lowest BCUT2D eigenvalue weighted by atomic mass is 10.2. The number of hydrogen-bond donors (Lipinski definition) is 1. The van der Waals surface area contributed by atoms with Crippen molar-refractivity contribution in [2.24, 2.45) is 7.05 Å². The Morgan fingerprint density at radius 1 is 1.41 bits per heavy atom. The number of nitrogens with zero attached hydrogens (tertiary/aromatic N) is 4. The number of nitrogens with one attached hydrogen (secondary N) is 1. The number of anilines is 1. The van der Waals surface area contributed by atoms with Crippen LogP contribution in [0.25, 0.3) is 11.3 Å². The van der Waals surface area contributed by atoms with Crippen molar-refractivity contribution in [1.82, 2.24) is 19.7 Å². The lowest BCUT2D eigenvalue weighted by Gasteiger charge is -2.04. The lowest BCUT2D eigenvalue weighted by molar-refractivity contribution is 0.756. The van der Waals surface area contributed by atoms with Gasteiger partial charge in [-0.15, -0.1) is 0 Å². The average molecular weight is 229 g/mol. The van der Waals surface area contributed by atoms with Crippen molar-refractivity contribution in [3.63, 3.8) is 0 Å². The second-order valence-corrected chi connectivity index (χ2v) is 4.49. The third-order valence-electron chi connectivity index (χ3n) is 2.86. The van der Waals surface area contributed by atoms with Crippen LogP contribution < -0.4 is 5.32 Å². The molecule has 2 aromatic heterocycles. The molecule has 2 heterocycles. The van der Waals surface area contributed by atoms with Crippen LogP contribution in [0.1, 0.15) is 18.5 Å². The Labute approximate surface area is 99.9 Å². The second kappa shape index (κ2) is 3.84. The molecular formula is C12H15N5. The van der Waals surface area contributed by atoms with Crippen LogP contribution >= 0.6 is 0 Å². The van der Waals surface area contributed by atoms with Gasteiger partial charge in [0.2, 0.25) is 5.95 Å². The summed E-state index contributed by atoms with van der Waals surface area (Å²) in [5, 5.41) is 7.63. The van der Waals surface area contributed by atoms with Crippen LogP contribution in [0.15, 0.2) is 18.5 Å². The standard InChI is InChI=1S/C12H15N5/c1-8-10(7-17(2)16-8)11-5-6-13-12(15-11)14-9-3-4-9/h5-7,9H,3-4H2,1-2H3,(H,13,14,15). The normalized spacial score (nSPS) is 14.9. The molecule has 5 heteroatoms. The highest BCUT2D eigenvalue weighted by Crippen LogP contribution is 2.25. The summed E-state index contributed by atoms with van der Waals surface area (Å²) in [6, 6.07) is 2.49. The second-order valence-electron chi connectivity index (χ2n) is 4.49. The van der Waals surface area contributed by atoms with E-state index in [0.717, 1.165) is 17.0 Å². The molecule has 0 amide bonds. The first-order valence-corrected chi connectivity index (χ1v) is 5.82. The molecule has 1 aliphatic carbocycles. The highest BCUT2D eigenvalue weighted by atomic mass is 15.3. The van der Waals surface area contributed by atoms with Crippen molar-refractivity contribution < 1.29 is 0 Å². The quantitative estimate of drug-likeness (QED) is 0.871. The molecule has 1 fully saturated rings. The summed E-state index contributed by atoms with van der Waals surface area (Å²) < 4.78 is 1.81. The predicted octanol–water partition coefficient (Wildman–Crippen LogP) is 1.76. The van der Waals surface area contributed by atoms with Crippen LogP contribution in [0.2, 0.25) is 0 Å². The molecule has 1 saturated carbocycles. The first-order chi connectivity index (χ1) is 8.22. The van der Waals surface area contributed by atoms with Gasteiger partial charge in [0.05, 0.1) is 11.4 Å². The van der Waals surface area contributed by atoms with Crippen molar-refractivity contribution in [1.29, 1.82) is 0 Å². The smallest absolute Gasteiger partial charge is 0.223 e. The van der Waals surface area contributed by atoms with E-state index in [1.54, 1.807) is 10.9 Å². The van der Waals surface area contributed by atoms with Gasteiger partial charge in [-0.05, 0) is 25.8 Å². The van der Waals surface area contributed by atoms with E-state index in [0.29, 0.717) is 12.0 Å². The molecule has 0 aliphatic heterocycles. The van der Waals surface area contributed by atoms with Crippen LogP contribution in [-0.4, -0.2) is 25.8 Å². The fraction of sp³-hybridized carbons (Fsp3) is 0.417. The fourth-order valence-corrected chi connectivity index (χ4v) is 1.84. The zero-order valence-corrected chi connectivity index (χ0v) is 10.0. The van der Waals surface area contributed by atoms with E-state index in [2.05, 4.69) is 20.4 Å². The number of aryl methyl sites for hydroxylation is 2. The van der Waals surface area contributed by atoms with Gasteiger partial charge in [0.25, 0.3) is 0 Å². The molecular weight excluding hydrogens is 214 g/mol. The van der Waals surface area contributed by atoms with E-state index in [9.17, 15) is 0 Å². The molecule has 0 atom stereocenters. The van der Waals surface area contributed by atoms with Gasteiger partial charge < -0.3 is 5.32 Å². The zero-order valence-electron chi connectivity index (χ0n) is 10.0. The summed E-state index contributed by atoms with van der Waals surface area (Å²) in [6.45, 7) is 1.99. The Bertz CT molecular complexity index is 542. The van der Waals surface area contributed by atoms with Gasteiger partial charge in [0, 0.05) is 31.0 Å². The Kier molecular flexibility index (Phi) is 2.31. The highest BCUT2D eigenvalue weighted by molar-refractivity contribution is 5.61. The number of rotatable bonds is 3. The molecule has 1 aliphatic rings. The van der Waals surface area contributed by atoms with E-state index in [-0.39, 0.29) is 0 Å². The summed E-state index contributed by atoms with van der Waals surface area (Å²) in [6.07, 6.45) is 6.22. The van der Waals surface area contributed by atoms with Crippen LogP contribution in [0.3, 0.4) is 0 Å². The zero-order chi connectivity index (χ0) is 11.8. The van der Waals surface area contributed by atoms with E-state index < -0.39 is 0 Å². The molecule has 3 rings (SSSR count). The third kappa shape index (κ3) is 2.13. The molecule has 0 unspecified atom stereocenters. The summed E-state index contributed by atoms with van der Waals surface area (Å²) in [5.41, 5.74) is 2.98. The van der Waals surface area contributed by atoms with Crippen molar-refractivity contribution in [3.05, 3.63) is 24.2 Å². The van der Waals surface area contributed by atoms with Crippen molar-refractivity contribution in [2.45, 2.75) is 25.8 Å². The van der Waals surface area contributed by atoms with E-state index in [1.807, 2.05) is 26.2 Å². The van der Waals surface area contributed by atoms with Gasteiger partial charge in [0.1, 0.15) is 0 Å². The Morgan fingerprint density at radius 2 is 2.24 bits per heavy atom. The topological polar surface area (TPSA) is 55.6 Å². The van der Waals surface area contributed by atoms with Crippen LogP contribution in [0.5, 0.6) is 0 Å². The minimum atomic E-state index is 0.570. The first-order valence-electron chi connectivity index (χ1n) is 5.82. The maximum atomic E-state index is 4.52. The minimum absolute atomic E-state index is 0.570. The maximum absolute atomic E-state index is 4.52. The van der Waals surface area contributed by atoms with Crippen molar-refractivity contribution >= 4 is 5.95 Å². The van der Waals surface area contributed by atoms with Gasteiger partial charge in [-0.2, -0.15) is 5.10 Å². The molecule has 0 spiro atoms. The molecule has 88 valence electrons. The molecule has 0 radical (unpaired) electrons.